The van der Waals surface area contributed by atoms with Gasteiger partial charge in [0.2, 0.25) is 0 Å². The quantitative estimate of drug-likeness (QED) is 0.680. The number of aryl methyl sites for hydroxylation is 1. The second-order valence-electron chi connectivity index (χ2n) is 6.50. The first kappa shape index (κ1) is 17.9. The third-order valence-electron chi connectivity index (χ3n) is 4.61. The highest BCUT2D eigenvalue weighted by Gasteiger charge is 2.14. The van der Waals surface area contributed by atoms with Gasteiger partial charge in [-0.15, -0.1) is 0 Å². The summed E-state index contributed by atoms with van der Waals surface area (Å²) < 4.78 is 0. The van der Waals surface area contributed by atoms with Gasteiger partial charge in [0.25, 0.3) is 0 Å². The van der Waals surface area contributed by atoms with Crippen molar-refractivity contribution in [3.05, 3.63) is 66.1 Å². The third-order valence-corrected chi connectivity index (χ3v) is 4.61. The lowest BCUT2D eigenvalue weighted by atomic mass is 10.2. The van der Waals surface area contributed by atoms with Crippen molar-refractivity contribution in [2.75, 3.05) is 37.0 Å². The smallest absolute Gasteiger partial charge is 0.163 e. The number of rotatable bonds is 6. The van der Waals surface area contributed by atoms with Gasteiger partial charge >= 0.3 is 0 Å². The van der Waals surface area contributed by atoms with Gasteiger partial charge < -0.3 is 9.80 Å². The molecular weight excluding hydrogens is 322 g/mol. The van der Waals surface area contributed by atoms with Crippen LogP contribution in [0.4, 0.5) is 11.5 Å². The normalized spacial score (nSPS) is 10.6. The molecule has 1 aromatic carbocycles. The molecule has 0 saturated heterocycles. The molecule has 0 fully saturated rings. The van der Waals surface area contributed by atoms with Crippen LogP contribution in [0.5, 0.6) is 0 Å². The molecule has 3 rings (SSSR count). The van der Waals surface area contributed by atoms with Crippen LogP contribution >= 0.6 is 0 Å². The maximum Gasteiger partial charge on any atom is 0.163 e. The molecule has 0 N–H and O–H groups in total. The van der Waals surface area contributed by atoms with E-state index in [2.05, 4.69) is 65.1 Å². The van der Waals surface area contributed by atoms with E-state index in [1.807, 2.05) is 25.1 Å². The second-order valence-corrected chi connectivity index (χ2v) is 6.50. The summed E-state index contributed by atoms with van der Waals surface area (Å²) in [6, 6.07) is 14.3. The van der Waals surface area contributed by atoms with Crippen LogP contribution in [-0.4, -0.2) is 42.1 Å². The van der Waals surface area contributed by atoms with Crippen molar-refractivity contribution in [2.24, 2.45) is 0 Å². The van der Waals surface area contributed by atoms with Crippen LogP contribution in [-0.2, 0) is 0 Å². The zero-order chi connectivity index (χ0) is 18.5. The molecule has 134 valence electrons. The minimum Gasteiger partial charge on any atom is -0.373 e. The number of likely N-dealkylation sites (N-methyl/N-ethyl adjacent to an activating group) is 2. The van der Waals surface area contributed by atoms with Gasteiger partial charge in [-0.25, -0.2) is 9.97 Å². The molecule has 0 saturated carbocycles. The molecule has 2 aromatic heterocycles. The third kappa shape index (κ3) is 3.99. The van der Waals surface area contributed by atoms with E-state index in [9.17, 15) is 0 Å². The zero-order valence-corrected chi connectivity index (χ0v) is 15.8. The summed E-state index contributed by atoms with van der Waals surface area (Å²) in [7, 11) is 4.20. The lowest BCUT2D eigenvalue weighted by Crippen LogP contribution is -2.31. The Kier molecular flexibility index (Phi) is 5.46. The largest absolute Gasteiger partial charge is 0.373 e. The lowest BCUT2D eigenvalue weighted by Gasteiger charge is -2.26. The SMILES string of the molecule is Cc1nc(-c2cccnc2)nc(N(C)CCN(C)c2ccccc2)c1C. The summed E-state index contributed by atoms with van der Waals surface area (Å²) in [4.78, 5) is 18.1. The first-order valence-corrected chi connectivity index (χ1v) is 8.79. The average molecular weight is 347 g/mol. The summed E-state index contributed by atoms with van der Waals surface area (Å²) >= 11 is 0. The number of pyridine rings is 1. The van der Waals surface area contributed by atoms with Gasteiger partial charge in [0.05, 0.1) is 0 Å². The molecule has 26 heavy (non-hydrogen) atoms. The summed E-state index contributed by atoms with van der Waals surface area (Å²) in [6.45, 7) is 5.89. The molecule has 0 aliphatic heterocycles. The molecule has 3 aromatic rings. The molecule has 5 heteroatoms. The summed E-state index contributed by atoms with van der Waals surface area (Å²) in [5.74, 6) is 1.69. The molecular formula is C21H25N5. The van der Waals surface area contributed by atoms with Gasteiger partial charge in [-0.3, -0.25) is 4.98 Å². The van der Waals surface area contributed by atoms with Crippen molar-refractivity contribution in [2.45, 2.75) is 13.8 Å². The Morgan fingerprint density at radius 2 is 1.58 bits per heavy atom. The predicted octanol–water partition coefficient (Wildman–Crippen LogP) is 3.73. The Morgan fingerprint density at radius 1 is 0.846 bits per heavy atom. The van der Waals surface area contributed by atoms with Crippen LogP contribution in [0.1, 0.15) is 11.3 Å². The lowest BCUT2D eigenvalue weighted by molar-refractivity contribution is 0.815. The molecule has 0 atom stereocenters. The maximum atomic E-state index is 4.81. The van der Waals surface area contributed by atoms with E-state index in [0.29, 0.717) is 0 Å². The van der Waals surface area contributed by atoms with E-state index in [1.165, 1.54) is 5.69 Å². The van der Waals surface area contributed by atoms with Gasteiger partial charge in [0, 0.05) is 62.1 Å². The Bertz CT molecular complexity index is 849. The Balaban J connectivity index is 1.78. The fourth-order valence-electron chi connectivity index (χ4n) is 2.83. The number of anilines is 2. The maximum absolute atomic E-state index is 4.81. The number of hydrogen-bond acceptors (Lipinski definition) is 5. The molecule has 0 aliphatic rings. The van der Waals surface area contributed by atoms with Crippen LogP contribution in [0, 0.1) is 13.8 Å². The van der Waals surface area contributed by atoms with E-state index in [1.54, 1.807) is 12.4 Å². The van der Waals surface area contributed by atoms with Crippen LogP contribution in [0.15, 0.2) is 54.9 Å². The number of aromatic nitrogens is 3. The molecule has 0 spiro atoms. The van der Waals surface area contributed by atoms with E-state index >= 15 is 0 Å². The fourth-order valence-corrected chi connectivity index (χ4v) is 2.83. The van der Waals surface area contributed by atoms with Crippen molar-refractivity contribution >= 4 is 11.5 Å². The van der Waals surface area contributed by atoms with Crippen molar-refractivity contribution < 1.29 is 0 Å². The highest BCUT2D eigenvalue weighted by atomic mass is 15.2. The molecule has 0 unspecified atom stereocenters. The van der Waals surface area contributed by atoms with Gasteiger partial charge in [-0.05, 0) is 38.1 Å². The minimum atomic E-state index is 0.722. The molecule has 0 bridgehead atoms. The van der Waals surface area contributed by atoms with E-state index in [0.717, 1.165) is 41.6 Å². The van der Waals surface area contributed by atoms with Crippen molar-refractivity contribution in [3.63, 3.8) is 0 Å². The standard InChI is InChI=1S/C21H25N5/c1-16-17(2)23-20(18-9-8-12-22-15-18)24-21(16)26(4)14-13-25(3)19-10-6-5-7-11-19/h5-12,15H,13-14H2,1-4H3. The molecule has 0 radical (unpaired) electrons. The summed E-state index contributed by atoms with van der Waals surface area (Å²) in [5, 5.41) is 0. The van der Waals surface area contributed by atoms with Gasteiger partial charge in [0.15, 0.2) is 5.82 Å². The van der Waals surface area contributed by atoms with Gasteiger partial charge in [-0.2, -0.15) is 0 Å². The first-order valence-electron chi connectivity index (χ1n) is 8.79. The predicted molar refractivity (Wildman–Crippen MR) is 108 cm³/mol. The summed E-state index contributed by atoms with van der Waals surface area (Å²) in [6.07, 6.45) is 3.56. The number of hydrogen-bond donors (Lipinski definition) is 0. The topological polar surface area (TPSA) is 45.2 Å². The van der Waals surface area contributed by atoms with Gasteiger partial charge in [0.1, 0.15) is 5.82 Å². The molecule has 0 aliphatic carbocycles. The van der Waals surface area contributed by atoms with Crippen LogP contribution in [0.25, 0.3) is 11.4 Å². The average Bonchev–Trinajstić information content (AvgIpc) is 2.69. The Morgan fingerprint density at radius 3 is 2.27 bits per heavy atom. The highest BCUT2D eigenvalue weighted by Crippen LogP contribution is 2.23. The van der Waals surface area contributed by atoms with Crippen LogP contribution < -0.4 is 9.80 Å². The molecule has 2 heterocycles. The Labute approximate surface area is 155 Å². The van der Waals surface area contributed by atoms with Gasteiger partial charge in [-0.1, -0.05) is 18.2 Å². The summed E-state index contributed by atoms with van der Waals surface area (Å²) in [5.41, 5.74) is 4.26. The first-order chi connectivity index (χ1) is 12.6. The number of para-hydroxylation sites is 1. The molecule has 0 amide bonds. The zero-order valence-electron chi connectivity index (χ0n) is 15.8. The molecule has 5 nitrogen and oxygen atoms in total. The van der Waals surface area contributed by atoms with Crippen molar-refractivity contribution in [1.82, 2.24) is 15.0 Å². The van der Waals surface area contributed by atoms with Crippen LogP contribution in [0.3, 0.4) is 0 Å². The highest BCUT2D eigenvalue weighted by molar-refractivity contribution is 5.59. The monoisotopic (exact) mass is 347 g/mol. The Hall–Kier alpha value is -2.95. The number of benzene rings is 1. The minimum absolute atomic E-state index is 0.722. The van der Waals surface area contributed by atoms with E-state index in [4.69, 9.17) is 4.98 Å². The second kappa shape index (κ2) is 7.95. The number of nitrogens with zero attached hydrogens (tertiary/aromatic N) is 5. The fraction of sp³-hybridized carbons (Fsp3) is 0.286. The van der Waals surface area contributed by atoms with Crippen LogP contribution in [0.2, 0.25) is 0 Å². The van der Waals surface area contributed by atoms with E-state index in [-0.39, 0.29) is 0 Å². The van der Waals surface area contributed by atoms with Crippen molar-refractivity contribution in [3.8, 4) is 11.4 Å². The van der Waals surface area contributed by atoms with E-state index < -0.39 is 0 Å². The van der Waals surface area contributed by atoms with Crippen molar-refractivity contribution in [1.29, 1.82) is 0 Å².